The second-order valence-electron chi connectivity index (χ2n) is 8.74. The number of likely N-dealkylation sites (N-methyl/N-ethyl adjacent to an activating group) is 1. The summed E-state index contributed by atoms with van der Waals surface area (Å²) in [6, 6.07) is 9.18. The lowest BCUT2D eigenvalue weighted by Gasteiger charge is -2.53. The second kappa shape index (κ2) is 9.79. The summed E-state index contributed by atoms with van der Waals surface area (Å²) < 4.78 is 27.9. The molecule has 0 aliphatic carbocycles. The lowest BCUT2D eigenvalue weighted by Crippen LogP contribution is -2.61. The van der Waals surface area contributed by atoms with Crippen LogP contribution in [0.5, 0.6) is 28.7 Å². The fourth-order valence-corrected chi connectivity index (χ4v) is 4.15. The third kappa shape index (κ3) is 4.53. The van der Waals surface area contributed by atoms with Crippen LogP contribution in [0.25, 0.3) is 0 Å². The van der Waals surface area contributed by atoms with Gasteiger partial charge in [0.25, 0.3) is 0 Å². The van der Waals surface area contributed by atoms with Gasteiger partial charge in [-0.05, 0) is 45.6 Å². The normalized spacial score (nSPS) is 16.9. The number of β-lactam (4-membered cyclic amide) rings is 1. The number of anilines is 1. The van der Waals surface area contributed by atoms with Crippen LogP contribution in [0.3, 0.4) is 0 Å². The van der Waals surface area contributed by atoms with Crippen molar-refractivity contribution in [3.8, 4) is 28.7 Å². The van der Waals surface area contributed by atoms with E-state index in [1.807, 2.05) is 46.1 Å². The highest BCUT2D eigenvalue weighted by molar-refractivity contribution is 6.06. The Bertz CT molecular complexity index is 979. The first kappa shape index (κ1) is 24.5. The second-order valence-corrected chi connectivity index (χ2v) is 8.74. The van der Waals surface area contributed by atoms with E-state index < -0.39 is 5.41 Å². The molecule has 0 spiro atoms. The maximum Gasteiger partial charge on any atom is 0.235 e. The third-order valence-electron chi connectivity index (χ3n) is 5.94. The Kier molecular flexibility index (Phi) is 7.27. The molecule has 1 fully saturated rings. The minimum absolute atomic E-state index is 0.00710. The van der Waals surface area contributed by atoms with Crippen molar-refractivity contribution in [3.05, 3.63) is 35.9 Å². The molecule has 2 aromatic carbocycles. The molecule has 1 saturated heterocycles. The first-order valence-corrected chi connectivity index (χ1v) is 10.8. The molecule has 180 valence electrons. The first-order chi connectivity index (χ1) is 15.7. The Balaban J connectivity index is 2.02. The van der Waals surface area contributed by atoms with E-state index in [0.717, 1.165) is 12.1 Å². The summed E-state index contributed by atoms with van der Waals surface area (Å²) in [6.07, 6.45) is 0. The molecule has 8 heteroatoms. The molecule has 0 unspecified atom stereocenters. The van der Waals surface area contributed by atoms with Gasteiger partial charge in [0.15, 0.2) is 23.0 Å². The predicted molar refractivity (Wildman–Crippen MR) is 127 cm³/mol. The number of rotatable bonds is 10. The predicted octanol–water partition coefficient (Wildman–Crippen LogP) is 3.78. The summed E-state index contributed by atoms with van der Waals surface area (Å²) in [5.74, 6) is 2.77. The van der Waals surface area contributed by atoms with Gasteiger partial charge in [-0.2, -0.15) is 0 Å². The molecule has 1 amide bonds. The smallest absolute Gasteiger partial charge is 0.235 e. The summed E-state index contributed by atoms with van der Waals surface area (Å²) in [7, 11) is 10.3. The van der Waals surface area contributed by atoms with Crippen LogP contribution in [0.2, 0.25) is 0 Å². The van der Waals surface area contributed by atoms with Crippen molar-refractivity contribution in [2.75, 3.05) is 60.6 Å². The molecule has 3 rings (SSSR count). The van der Waals surface area contributed by atoms with Gasteiger partial charge < -0.3 is 33.5 Å². The van der Waals surface area contributed by atoms with Crippen molar-refractivity contribution in [2.24, 2.45) is 5.41 Å². The van der Waals surface area contributed by atoms with Crippen molar-refractivity contribution in [3.63, 3.8) is 0 Å². The van der Waals surface area contributed by atoms with Crippen molar-refractivity contribution in [1.29, 1.82) is 0 Å². The number of ether oxygens (including phenoxy) is 5. The molecular formula is C25H34N2O6. The molecule has 1 aliphatic rings. The number of carbonyl (C=O) groups excluding carboxylic acids is 1. The van der Waals surface area contributed by atoms with Crippen molar-refractivity contribution >= 4 is 11.6 Å². The quantitative estimate of drug-likeness (QED) is 0.502. The van der Waals surface area contributed by atoms with Crippen LogP contribution in [0, 0.1) is 5.41 Å². The zero-order valence-electron chi connectivity index (χ0n) is 20.7. The number of benzene rings is 2. The molecule has 1 aliphatic heterocycles. The maximum absolute atomic E-state index is 13.2. The van der Waals surface area contributed by atoms with Crippen LogP contribution in [-0.4, -0.2) is 66.5 Å². The van der Waals surface area contributed by atoms with Gasteiger partial charge in [-0.15, -0.1) is 0 Å². The Morgan fingerprint density at radius 2 is 1.48 bits per heavy atom. The molecule has 33 heavy (non-hydrogen) atoms. The van der Waals surface area contributed by atoms with Gasteiger partial charge in [0.05, 0.1) is 45.6 Å². The van der Waals surface area contributed by atoms with Crippen LogP contribution in [0.15, 0.2) is 30.3 Å². The maximum atomic E-state index is 13.2. The highest BCUT2D eigenvalue weighted by Gasteiger charge is 2.55. The fraction of sp³-hybridized carbons (Fsp3) is 0.480. The lowest BCUT2D eigenvalue weighted by atomic mass is 9.70. The number of nitrogens with zero attached hydrogens (tertiary/aromatic N) is 2. The average molecular weight is 459 g/mol. The van der Waals surface area contributed by atoms with E-state index in [4.69, 9.17) is 23.7 Å². The number of methoxy groups -OCH3 is 4. The van der Waals surface area contributed by atoms with E-state index in [-0.39, 0.29) is 11.9 Å². The van der Waals surface area contributed by atoms with Gasteiger partial charge in [-0.1, -0.05) is 6.07 Å². The summed E-state index contributed by atoms with van der Waals surface area (Å²) in [5.41, 5.74) is 1.02. The van der Waals surface area contributed by atoms with Crippen LogP contribution in [0.4, 0.5) is 5.69 Å². The molecule has 1 heterocycles. The molecule has 0 radical (unpaired) electrons. The van der Waals surface area contributed by atoms with E-state index in [0.29, 0.717) is 41.0 Å². The Labute approximate surface area is 195 Å². The Morgan fingerprint density at radius 1 is 0.879 bits per heavy atom. The Hall–Kier alpha value is -3.13. The van der Waals surface area contributed by atoms with Crippen LogP contribution in [0.1, 0.15) is 25.5 Å². The average Bonchev–Trinajstić information content (AvgIpc) is 2.80. The highest BCUT2D eigenvalue weighted by Crippen LogP contribution is 2.54. The minimum atomic E-state index is -0.601. The molecular weight excluding hydrogens is 424 g/mol. The van der Waals surface area contributed by atoms with Crippen molar-refractivity contribution in [2.45, 2.75) is 19.9 Å². The Morgan fingerprint density at radius 3 is 2.00 bits per heavy atom. The van der Waals surface area contributed by atoms with E-state index in [9.17, 15) is 4.79 Å². The number of carbonyl (C=O) groups is 1. The standard InChI is InChI=1S/C25H34N2O6/c1-25(2)23(16-9-10-18(29-5)19(13-16)33-12-11-26(3)4)27(24(25)28)17-14-20(30-6)22(32-8)21(15-17)31-7/h9-10,13-15,23H,11-12H2,1-8H3/t23-/m0/s1. The summed E-state index contributed by atoms with van der Waals surface area (Å²) in [5, 5.41) is 0. The summed E-state index contributed by atoms with van der Waals surface area (Å²) in [4.78, 5) is 17.0. The number of amides is 1. The molecule has 2 aromatic rings. The van der Waals surface area contributed by atoms with Crippen LogP contribution >= 0.6 is 0 Å². The van der Waals surface area contributed by atoms with Gasteiger partial charge in [0, 0.05) is 18.7 Å². The topological polar surface area (TPSA) is 69.7 Å². The summed E-state index contributed by atoms with van der Waals surface area (Å²) in [6.45, 7) is 5.20. The third-order valence-corrected chi connectivity index (χ3v) is 5.94. The fourth-order valence-electron chi connectivity index (χ4n) is 4.15. The first-order valence-electron chi connectivity index (χ1n) is 10.8. The largest absolute Gasteiger partial charge is 0.493 e. The molecule has 0 bridgehead atoms. The van der Waals surface area contributed by atoms with Gasteiger partial charge in [0.2, 0.25) is 11.7 Å². The zero-order chi connectivity index (χ0) is 24.3. The zero-order valence-corrected chi connectivity index (χ0v) is 20.7. The van der Waals surface area contributed by atoms with Crippen molar-refractivity contribution < 1.29 is 28.5 Å². The number of hydrogen-bond donors (Lipinski definition) is 0. The lowest BCUT2D eigenvalue weighted by molar-refractivity contribution is -0.137. The number of hydrogen-bond acceptors (Lipinski definition) is 7. The summed E-state index contributed by atoms with van der Waals surface area (Å²) >= 11 is 0. The van der Waals surface area contributed by atoms with E-state index in [1.54, 1.807) is 45.5 Å². The van der Waals surface area contributed by atoms with E-state index >= 15 is 0 Å². The van der Waals surface area contributed by atoms with Gasteiger partial charge in [-0.3, -0.25) is 4.79 Å². The highest BCUT2D eigenvalue weighted by atomic mass is 16.5. The van der Waals surface area contributed by atoms with Gasteiger partial charge >= 0.3 is 0 Å². The van der Waals surface area contributed by atoms with Gasteiger partial charge in [-0.25, -0.2) is 0 Å². The molecule has 0 saturated carbocycles. The minimum Gasteiger partial charge on any atom is -0.493 e. The molecule has 0 aromatic heterocycles. The van der Waals surface area contributed by atoms with Gasteiger partial charge in [0.1, 0.15) is 6.61 Å². The molecule has 0 N–H and O–H groups in total. The SMILES string of the molecule is COc1ccc([C@@H]2N(c3cc(OC)c(OC)c(OC)c3)C(=O)C2(C)C)cc1OCCN(C)C. The van der Waals surface area contributed by atoms with E-state index in [2.05, 4.69) is 4.90 Å². The van der Waals surface area contributed by atoms with Crippen LogP contribution < -0.4 is 28.6 Å². The molecule has 8 nitrogen and oxygen atoms in total. The van der Waals surface area contributed by atoms with Crippen LogP contribution in [-0.2, 0) is 4.79 Å². The van der Waals surface area contributed by atoms with E-state index in [1.165, 1.54) is 0 Å². The molecule has 1 atom stereocenters. The van der Waals surface area contributed by atoms with Crippen molar-refractivity contribution in [1.82, 2.24) is 4.90 Å². The monoisotopic (exact) mass is 458 g/mol.